The molecule has 11 heteroatoms. The van der Waals surface area contributed by atoms with Crippen LogP contribution in [0.1, 0.15) is 46.0 Å². The molecule has 1 saturated heterocycles. The van der Waals surface area contributed by atoms with E-state index in [9.17, 15) is 24.3 Å². The number of aliphatic hydroxyl groups is 1. The monoisotopic (exact) mass is 429 g/mol. The molecule has 0 bridgehead atoms. The molecule has 172 valence electrons. The van der Waals surface area contributed by atoms with Crippen LogP contribution in [0.15, 0.2) is 0 Å². The fraction of sp³-hybridized carbons (Fsp3) is 0.789. The topological polar surface area (TPSA) is 188 Å². The summed E-state index contributed by atoms with van der Waals surface area (Å²) in [5, 5.41) is 23.5. The summed E-state index contributed by atoms with van der Waals surface area (Å²) < 4.78 is 0. The van der Waals surface area contributed by atoms with Gasteiger partial charge in [0.25, 0.3) is 0 Å². The highest BCUT2D eigenvalue weighted by Gasteiger charge is 2.39. The number of aliphatic hydroxyl groups excluding tert-OH is 1. The minimum atomic E-state index is -1.16. The molecule has 4 unspecified atom stereocenters. The lowest BCUT2D eigenvalue weighted by Crippen LogP contribution is -2.57. The van der Waals surface area contributed by atoms with Gasteiger partial charge in [0.1, 0.15) is 24.2 Å². The molecule has 0 radical (unpaired) electrons. The minimum absolute atomic E-state index is 0.314. The predicted octanol–water partition coefficient (Wildman–Crippen LogP) is -1.86. The van der Waals surface area contributed by atoms with E-state index in [0.29, 0.717) is 45.2 Å². The Labute approximate surface area is 176 Å². The van der Waals surface area contributed by atoms with E-state index in [1.165, 1.54) is 4.90 Å². The molecule has 4 atom stereocenters. The molecule has 0 aromatic carbocycles. The number of carboxylic acids is 1. The minimum Gasteiger partial charge on any atom is -0.480 e. The Morgan fingerprint density at radius 1 is 1.17 bits per heavy atom. The van der Waals surface area contributed by atoms with Crippen molar-refractivity contribution < 1.29 is 29.4 Å². The van der Waals surface area contributed by atoms with Crippen LogP contribution in [-0.2, 0) is 19.2 Å². The van der Waals surface area contributed by atoms with Crippen LogP contribution in [0.5, 0.6) is 0 Å². The van der Waals surface area contributed by atoms with Crippen molar-refractivity contribution in [2.24, 2.45) is 17.4 Å². The van der Waals surface area contributed by atoms with Gasteiger partial charge in [0.05, 0.1) is 6.61 Å². The van der Waals surface area contributed by atoms with Crippen LogP contribution in [0.2, 0.25) is 0 Å². The van der Waals surface area contributed by atoms with Crippen LogP contribution in [0.3, 0.4) is 0 Å². The number of rotatable bonds is 12. The number of carbonyl (C=O) groups is 4. The molecule has 8 N–H and O–H groups in total. The number of amides is 3. The van der Waals surface area contributed by atoms with E-state index in [0.717, 1.165) is 0 Å². The number of nitrogens with zero attached hydrogens (tertiary/aromatic N) is 1. The highest BCUT2D eigenvalue weighted by Crippen LogP contribution is 2.20. The van der Waals surface area contributed by atoms with Gasteiger partial charge in [-0.25, -0.2) is 4.79 Å². The number of unbranched alkanes of at least 4 members (excludes halogenated alkanes) is 1. The number of carbonyl (C=O) groups excluding carboxylic acids is 3. The lowest BCUT2D eigenvalue weighted by molar-refractivity contribution is -0.145. The van der Waals surface area contributed by atoms with Gasteiger partial charge in [-0.3, -0.25) is 14.4 Å². The van der Waals surface area contributed by atoms with Crippen molar-refractivity contribution in [2.45, 2.75) is 70.1 Å². The fourth-order valence-corrected chi connectivity index (χ4v) is 3.38. The van der Waals surface area contributed by atoms with Gasteiger partial charge in [0, 0.05) is 6.54 Å². The Morgan fingerprint density at radius 2 is 1.83 bits per heavy atom. The van der Waals surface area contributed by atoms with Crippen LogP contribution in [0.25, 0.3) is 0 Å². The summed E-state index contributed by atoms with van der Waals surface area (Å²) in [5.74, 6) is -3.07. The molecule has 1 fully saturated rings. The number of nitrogens with one attached hydrogen (secondary N) is 2. The summed E-state index contributed by atoms with van der Waals surface area (Å²) in [7, 11) is 0. The quantitative estimate of drug-likeness (QED) is 0.195. The lowest BCUT2D eigenvalue weighted by Gasteiger charge is -2.30. The number of hydrogen-bond acceptors (Lipinski definition) is 7. The number of nitrogens with two attached hydrogens (primary N) is 2. The molecule has 0 spiro atoms. The maximum atomic E-state index is 13.1. The van der Waals surface area contributed by atoms with Gasteiger partial charge in [0.2, 0.25) is 17.7 Å². The van der Waals surface area contributed by atoms with Crippen molar-refractivity contribution in [1.82, 2.24) is 15.5 Å². The second-order valence-electron chi connectivity index (χ2n) is 7.89. The highest BCUT2D eigenvalue weighted by molar-refractivity contribution is 5.94. The highest BCUT2D eigenvalue weighted by atomic mass is 16.4. The first-order valence-corrected chi connectivity index (χ1v) is 10.3. The van der Waals surface area contributed by atoms with Gasteiger partial charge in [-0.05, 0) is 44.6 Å². The molecule has 3 amide bonds. The third kappa shape index (κ3) is 7.22. The summed E-state index contributed by atoms with van der Waals surface area (Å²) >= 11 is 0. The average molecular weight is 430 g/mol. The molecule has 0 aromatic heterocycles. The summed E-state index contributed by atoms with van der Waals surface area (Å²) in [6.07, 6.45) is 2.55. The molecule has 0 aromatic rings. The average Bonchev–Trinajstić information content (AvgIpc) is 3.19. The van der Waals surface area contributed by atoms with Crippen LogP contribution < -0.4 is 22.1 Å². The second kappa shape index (κ2) is 12.5. The summed E-state index contributed by atoms with van der Waals surface area (Å²) in [6, 6.07) is -3.93. The summed E-state index contributed by atoms with van der Waals surface area (Å²) in [6.45, 7) is 3.57. The molecule has 1 aliphatic heterocycles. The first-order chi connectivity index (χ1) is 14.1. The maximum Gasteiger partial charge on any atom is 0.326 e. The van der Waals surface area contributed by atoms with E-state index in [1.54, 1.807) is 13.8 Å². The summed E-state index contributed by atoms with van der Waals surface area (Å²) in [5.41, 5.74) is 11.0. The Hall–Kier alpha value is -2.24. The smallest absolute Gasteiger partial charge is 0.326 e. The molecule has 0 aliphatic carbocycles. The third-order valence-electron chi connectivity index (χ3n) is 5.16. The summed E-state index contributed by atoms with van der Waals surface area (Å²) in [4.78, 5) is 50.7. The SMILES string of the molecule is CC(C)C(NC(=O)C1CCCN1C(=O)C(CCCCN)NC(=O)C(N)CO)C(=O)O. The molecule has 30 heavy (non-hydrogen) atoms. The van der Waals surface area contributed by atoms with Crippen LogP contribution in [-0.4, -0.2) is 82.7 Å². The van der Waals surface area contributed by atoms with Gasteiger partial charge < -0.3 is 37.2 Å². The second-order valence-corrected chi connectivity index (χ2v) is 7.89. The number of carboxylic acid groups (broad SMARTS) is 1. The van der Waals surface area contributed by atoms with Crippen LogP contribution in [0, 0.1) is 5.92 Å². The molecule has 1 heterocycles. The molecule has 11 nitrogen and oxygen atoms in total. The largest absolute Gasteiger partial charge is 0.480 e. The van der Waals surface area contributed by atoms with Gasteiger partial charge in [-0.1, -0.05) is 13.8 Å². The molecule has 1 rings (SSSR count). The normalized spacial score (nSPS) is 19.3. The molecule has 1 aliphatic rings. The van der Waals surface area contributed by atoms with E-state index in [2.05, 4.69) is 10.6 Å². The predicted molar refractivity (Wildman–Crippen MR) is 109 cm³/mol. The first kappa shape index (κ1) is 25.8. The molecular weight excluding hydrogens is 394 g/mol. The Morgan fingerprint density at radius 3 is 2.37 bits per heavy atom. The van der Waals surface area contributed by atoms with Crippen LogP contribution in [0.4, 0.5) is 0 Å². The van der Waals surface area contributed by atoms with Crippen molar-refractivity contribution in [3.63, 3.8) is 0 Å². The number of aliphatic carboxylic acids is 1. The maximum absolute atomic E-state index is 13.1. The molecular formula is C19H35N5O6. The van der Waals surface area contributed by atoms with Crippen molar-refractivity contribution in [3.05, 3.63) is 0 Å². The lowest BCUT2D eigenvalue weighted by atomic mass is 10.0. The van der Waals surface area contributed by atoms with Crippen molar-refractivity contribution in [2.75, 3.05) is 19.7 Å². The standard InChI is InChI=1S/C19H35N5O6/c1-11(2)15(19(29)30)23-17(27)14-7-5-9-24(14)18(28)13(6-3-4-8-20)22-16(26)12(21)10-25/h11-15,25H,3-10,20-21H2,1-2H3,(H,22,26)(H,23,27)(H,29,30). The van der Waals surface area contributed by atoms with E-state index in [4.69, 9.17) is 16.6 Å². The first-order valence-electron chi connectivity index (χ1n) is 10.3. The zero-order chi connectivity index (χ0) is 22.8. The van der Waals surface area contributed by atoms with Crippen molar-refractivity contribution in [1.29, 1.82) is 0 Å². The zero-order valence-corrected chi connectivity index (χ0v) is 17.7. The van der Waals surface area contributed by atoms with Crippen LogP contribution >= 0.6 is 0 Å². The Kier molecular flexibility index (Phi) is 10.7. The van der Waals surface area contributed by atoms with Gasteiger partial charge in [-0.2, -0.15) is 0 Å². The molecule has 0 saturated carbocycles. The fourth-order valence-electron chi connectivity index (χ4n) is 3.38. The van der Waals surface area contributed by atoms with E-state index < -0.39 is 54.5 Å². The third-order valence-corrected chi connectivity index (χ3v) is 5.16. The van der Waals surface area contributed by atoms with Crippen molar-refractivity contribution in [3.8, 4) is 0 Å². The zero-order valence-electron chi connectivity index (χ0n) is 17.7. The van der Waals surface area contributed by atoms with E-state index in [1.807, 2.05) is 0 Å². The number of likely N-dealkylation sites (tertiary alicyclic amines) is 1. The van der Waals surface area contributed by atoms with Gasteiger partial charge >= 0.3 is 5.97 Å². The van der Waals surface area contributed by atoms with Gasteiger partial charge in [0.15, 0.2) is 0 Å². The van der Waals surface area contributed by atoms with Crippen molar-refractivity contribution >= 4 is 23.7 Å². The number of hydrogen-bond donors (Lipinski definition) is 6. The van der Waals surface area contributed by atoms with Gasteiger partial charge in [-0.15, -0.1) is 0 Å². The van der Waals surface area contributed by atoms with E-state index >= 15 is 0 Å². The van der Waals surface area contributed by atoms with E-state index in [-0.39, 0.29) is 5.92 Å². The Bertz CT molecular complexity index is 614. The Balaban J connectivity index is 2.93.